The molecule has 2 aromatic carbocycles. The van der Waals surface area contributed by atoms with Crippen molar-refractivity contribution in [2.45, 2.75) is 50.8 Å². The summed E-state index contributed by atoms with van der Waals surface area (Å²) in [4.78, 5) is 0. The monoisotopic (exact) mass is 414 g/mol. The van der Waals surface area contributed by atoms with Crippen molar-refractivity contribution in [2.24, 2.45) is 5.92 Å². The zero-order valence-electron chi connectivity index (χ0n) is 16.4. The molecule has 0 saturated carbocycles. The highest BCUT2D eigenvalue weighted by Crippen LogP contribution is 2.54. The van der Waals surface area contributed by atoms with Gasteiger partial charge in [0.15, 0.2) is 0 Å². The van der Waals surface area contributed by atoms with Gasteiger partial charge in [-0.2, -0.15) is 0 Å². The van der Waals surface area contributed by atoms with Crippen LogP contribution >= 0.6 is 15.9 Å². The third kappa shape index (κ3) is 1.82. The average Bonchev–Trinajstić information content (AvgIpc) is 2.63. The van der Waals surface area contributed by atoms with Crippen LogP contribution in [0.15, 0.2) is 58.6 Å². The Morgan fingerprint density at radius 1 is 0.963 bits per heavy atom. The van der Waals surface area contributed by atoms with Crippen LogP contribution in [0.2, 0.25) is 5.82 Å². The van der Waals surface area contributed by atoms with Crippen molar-refractivity contribution < 1.29 is 0 Å². The topological polar surface area (TPSA) is 0 Å². The SMILES string of the molecule is CC1(C)C2=CC=CC3Cc4cccc5c4B(c4c1cc(Br)cc4C5(C)C)C23. The van der Waals surface area contributed by atoms with Crippen molar-refractivity contribution in [3.63, 3.8) is 0 Å². The Morgan fingerprint density at radius 3 is 2.48 bits per heavy atom. The Balaban J connectivity index is 1.83. The molecule has 3 aliphatic heterocycles. The third-order valence-electron chi connectivity index (χ3n) is 7.97. The van der Waals surface area contributed by atoms with Crippen LogP contribution in [0, 0.1) is 5.92 Å². The first-order valence-corrected chi connectivity index (χ1v) is 11.0. The van der Waals surface area contributed by atoms with E-state index in [2.05, 4.69) is 92.2 Å². The Kier molecular flexibility index (Phi) is 2.98. The molecule has 0 amide bonds. The first-order chi connectivity index (χ1) is 12.8. The van der Waals surface area contributed by atoms with E-state index >= 15 is 0 Å². The molecule has 2 unspecified atom stereocenters. The first kappa shape index (κ1) is 16.4. The molecule has 0 aromatic heterocycles. The smallest absolute Gasteiger partial charge is 0.0812 e. The van der Waals surface area contributed by atoms with Crippen molar-refractivity contribution >= 4 is 33.6 Å². The van der Waals surface area contributed by atoms with Gasteiger partial charge < -0.3 is 0 Å². The van der Waals surface area contributed by atoms with E-state index in [9.17, 15) is 0 Å². The van der Waals surface area contributed by atoms with Crippen LogP contribution in [0.1, 0.15) is 49.9 Å². The predicted molar refractivity (Wildman–Crippen MR) is 119 cm³/mol. The molecule has 0 saturated heterocycles. The maximum Gasteiger partial charge on any atom is 0.218 e. The minimum absolute atomic E-state index is 0.0460. The second kappa shape index (κ2) is 4.89. The van der Waals surface area contributed by atoms with Crippen LogP contribution in [0.4, 0.5) is 0 Å². The molecule has 0 nitrogen and oxygen atoms in total. The van der Waals surface area contributed by atoms with E-state index in [1.807, 2.05) is 0 Å². The fraction of sp³-hybridized carbons (Fsp3) is 0.360. The summed E-state index contributed by atoms with van der Waals surface area (Å²) in [6.07, 6.45) is 8.41. The van der Waals surface area contributed by atoms with Gasteiger partial charge in [0.2, 0.25) is 6.71 Å². The van der Waals surface area contributed by atoms with Crippen LogP contribution in [0.25, 0.3) is 0 Å². The van der Waals surface area contributed by atoms with Gasteiger partial charge in [-0.1, -0.05) is 102 Å². The van der Waals surface area contributed by atoms with Crippen LogP contribution in [-0.4, -0.2) is 6.71 Å². The molecule has 0 radical (unpaired) electrons. The predicted octanol–water partition coefficient (Wildman–Crippen LogP) is 5.03. The van der Waals surface area contributed by atoms with Crippen molar-refractivity contribution in [3.05, 3.63) is 80.9 Å². The molecule has 6 rings (SSSR count). The molecule has 0 bridgehead atoms. The molecule has 3 heterocycles. The Morgan fingerprint density at radius 2 is 1.70 bits per heavy atom. The van der Waals surface area contributed by atoms with Crippen LogP contribution in [0.5, 0.6) is 0 Å². The normalized spacial score (nSPS) is 27.1. The summed E-state index contributed by atoms with van der Waals surface area (Å²) in [7, 11) is 0. The molecular formula is C25H24BBr. The van der Waals surface area contributed by atoms with E-state index in [-0.39, 0.29) is 10.8 Å². The van der Waals surface area contributed by atoms with E-state index in [1.54, 1.807) is 27.6 Å². The van der Waals surface area contributed by atoms with Gasteiger partial charge in [-0.15, -0.1) is 0 Å². The fourth-order valence-electron chi connectivity index (χ4n) is 6.76. The van der Waals surface area contributed by atoms with E-state index < -0.39 is 0 Å². The van der Waals surface area contributed by atoms with Crippen LogP contribution in [0.3, 0.4) is 0 Å². The van der Waals surface area contributed by atoms with Crippen molar-refractivity contribution in [2.75, 3.05) is 0 Å². The molecule has 2 aromatic rings. The first-order valence-electron chi connectivity index (χ1n) is 10.2. The largest absolute Gasteiger partial charge is 0.218 e. The van der Waals surface area contributed by atoms with Gasteiger partial charge in [-0.25, -0.2) is 0 Å². The van der Waals surface area contributed by atoms with E-state index in [0.717, 1.165) is 0 Å². The van der Waals surface area contributed by atoms with Gasteiger partial charge in [0.05, 0.1) is 0 Å². The molecule has 0 N–H and O–H groups in total. The van der Waals surface area contributed by atoms with E-state index in [1.165, 1.54) is 22.0 Å². The molecule has 134 valence electrons. The lowest BCUT2D eigenvalue weighted by Gasteiger charge is -2.55. The number of benzene rings is 2. The minimum atomic E-state index is 0.0460. The van der Waals surface area contributed by atoms with Crippen molar-refractivity contribution in [3.8, 4) is 0 Å². The van der Waals surface area contributed by atoms with E-state index in [4.69, 9.17) is 0 Å². The van der Waals surface area contributed by atoms with Gasteiger partial charge in [0.1, 0.15) is 0 Å². The molecule has 2 heteroatoms. The molecule has 0 fully saturated rings. The Hall–Kier alpha value is -1.54. The summed E-state index contributed by atoms with van der Waals surface area (Å²) in [5, 5.41) is 0. The summed E-state index contributed by atoms with van der Waals surface area (Å²) in [5.41, 5.74) is 11.2. The highest BCUT2D eigenvalue weighted by molar-refractivity contribution is 9.10. The van der Waals surface area contributed by atoms with Gasteiger partial charge in [-0.3, -0.25) is 0 Å². The Labute approximate surface area is 171 Å². The van der Waals surface area contributed by atoms with Gasteiger partial charge >= 0.3 is 0 Å². The maximum absolute atomic E-state index is 3.85. The maximum atomic E-state index is 3.85. The van der Waals surface area contributed by atoms with Gasteiger partial charge in [-0.05, 0) is 47.0 Å². The standard InChI is InChI=1S/C25H24BBr/c1-24(2)17-9-5-7-14-11-15-8-6-10-18-22(15)26(21(14)17)23-19(24)12-16(27)13-20(23)25(18,3)4/h5-10,12-14,21H,11H2,1-4H3. The zero-order valence-corrected chi connectivity index (χ0v) is 18.0. The number of halogens is 1. The number of hydrogen-bond donors (Lipinski definition) is 0. The molecule has 2 atom stereocenters. The second-order valence-corrected chi connectivity index (χ2v) is 10.8. The summed E-state index contributed by atoms with van der Waals surface area (Å²) >= 11 is 3.85. The molecule has 27 heavy (non-hydrogen) atoms. The minimum Gasteiger partial charge on any atom is -0.0812 e. The van der Waals surface area contributed by atoms with Gasteiger partial charge in [0.25, 0.3) is 0 Å². The van der Waals surface area contributed by atoms with Crippen molar-refractivity contribution in [1.29, 1.82) is 0 Å². The van der Waals surface area contributed by atoms with E-state index in [0.29, 0.717) is 18.4 Å². The average molecular weight is 415 g/mol. The quantitative estimate of drug-likeness (QED) is 0.530. The molecule has 1 aliphatic carbocycles. The number of allylic oxidation sites excluding steroid dienone is 4. The highest BCUT2D eigenvalue weighted by Gasteiger charge is 2.56. The third-order valence-corrected chi connectivity index (χ3v) is 8.43. The summed E-state index contributed by atoms with van der Waals surface area (Å²) in [6, 6.07) is 11.9. The number of hydrogen-bond acceptors (Lipinski definition) is 0. The fourth-order valence-corrected chi connectivity index (χ4v) is 7.22. The van der Waals surface area contributed by atoms with Crippen molar-refractivity contribution in [1.82, 2.24) is 0 Å². The second-order valence-electron chi connectivity index (χ2n) is 9.92. The zero-order chi connectivity index (χ0) is 18.7. The summed E-state index contributed by atoms with van der Waals surface area (Å²) < 4.78 is 1.22. The van der Waals surface area contributed by atoms with Crippen LogP contribution in [-0.2, 0) is 17.3 Å². The number of rotatable bonds is 0. The lowest BCUT2D eigenvalue weighted by molar-refractivity contribution is 0.505. The molecule has 0 spiro atoms. The lowest BCUT2D eigenvalue weighted by Crippen LogP contribution is -2.66. The molecular weight excluding hydrogens is 391 g/mol. The summed E-state index contributed by atoms with van der Waals surface area (Å²) in [6.45, 7) is 10.2. The highest BCUT2D eigenvalue weighted by atomic mass is 79.9. The summed E-state index contributed by atoms with van der Waals surface area (Å²) in [5.74, 6) is 1.24. The molecule has 4 aliphatic rings. The lowest BCUT2D eigenvalue weighted by atomic mass is 9.20. The van der Waals surface area contributed by atoms with Crippen LogP contribution < -0.4 is 10.9 Å². The Bertz CT molecular complexity index is 1090. The van der Waals surface area contributed by atoms with Gasteiger partial charge in [0, 0.05) is 15.3 Å².